The summed E-state index contributed by atoms with van der Waals surface area (Å²) in [6.45, 7) is 0. The minimum Gasteiger partial charge on any atom is -0.497 e. The van der Waals surface area contributed by atoms with Gasteiger partial charge in [0.2, 0.25) is 10.9 Å². The number of hydrogen-bond donors (Lipinski definition) is 1. The minimum absolute atomic E-state index is 0.132. The van der Waals surface area contributed by atoms with Crippen molar-refractivity contribution in [3.8, 4) is 17.0 Å². The van der Waals surface area contributed by atoms with Crippen LogP contribution in [0.2, 0.25) is 0 Å². The predicted octanol–water partition coefficient (Wildman–Crippen LogP) is 4.81. The highest BCUT2D eigenvalue weighted by molar-refractivity contribution is 7.99. The number of nitrogens with one attached hydrogen (secondary N) is 1. The second kappa shape index (κ2) is 8.05. The molecule has 0 aliphatic rings. The van der Waals surface area contributed by atoms with Crippen molar-refractivity contribution in [3.63, 3.8) is 0 Å². The number of thioether (sulfide) groups is 1. The van der Waals surface area contributed by atoms with Crippen molar-refractivity contribution in [1.29, 1.82) is 0 Å². The Morgan fingerprint density at radius 1 is 1.17 bits per heavy atom. The van der Waals surface area contributed by atoms with Gasteiger partial charge in [0.1, 0.15) is 5.75 Å². The summed E-state index contributed by atoms with van der Waals surface area (Å²) in [7, 11) is 1.63. The molecule has 0 fully saturated rings. The van der Waals surface area contributed by atoms with Crippen molar-refractivity contribution in [2.45, 2.75) is 5.16 Å². The van der Waals surface area contributed by atoms with Gasteiger partial charge in [0.15, 0.2) is 10.3 Å². The Morgan fingerprint density at radius 3 is 2.83 bits per heavy atom. The second-order valence-electron chi connectivity index (χ2n) is 6.27. The number of anilines is 1. The molecule has 0 spiro atoms. The van der Waals surface area contributed by atoms with E-state index in [1.807, 2.05) is 52.2 Å². The molecule has 5 aromatic rings. The molecule has 0 saturated heterocycles. The molecule has 1 N–H and O–H groups in total. The van der Waals surface area contributed by atoms with Crippen molar-refractivity contribution >= 4 is 60.7 Å². The first kappa shape index (κ1) is 19.0. The molecule has 10 heteroatoms. The number of amides is 1. The van der Waals surface area contributed by atoms with Crippen LogP contribution in [-0.4, -0.2) is 38.4 Å². The lowest BCUT2D eigenvalue weighted by Crippen LogP contribution is -2.14. The molecule has 3 heterocycles. The van der Waals surface area contributed by atoms with E-state index in [0.29, 0.717) is 10.3 Å². The maximum absolute atomic E-state index is 12.4. The molecule has 0 bridgehead atoms. The first-order valence-corrected chi connectivity index (χ1v) is 11.6. The largest absolute Gasteiger partial charge is 0.497 e. The molecule has 7 nitrogen and oxygen atoms in total. The number of ether oxygens (including phenoxy) is 1. The van der Waals surface area contributed by atoms with E-state index in [1.54, 1.807) is 18.4 Å². The standard InChI is InChI=1S/C20H15N5O2S3/c1-27-13-8-6-12(7-9-13)14-10-28-18(21-14)22-17(26)11-29-19-23-24-20-25(19)15-4-2-3-5-16(15)30-20/h2-10H,11H2,1H3,(H,21,22,26). The summed E-state index contributed by atoms with van der Waals surface area (Å²) in [6, 6.07) is 15.7. The number of methoxy groups -OCH3 is 1. The summed E-state index contributed by atoms with van der Waals surface area (Å²) in [6.07, 6.45) is 0. The molecule has 30 heavy (non-hydrogen) atoms. The molecule has 5 rings (SSSR count). The highest BCUT2D eigenvalue weighted by Crippen LogP contribution is 2.30. The van der Waals surface area contributed by atoms with Gasteiger partial charge in [-0.1, -0.05) is 35.2 Å². The molecule has 3 aromatic heterocycles. The fourth-order valence-corrected chi connectivity index (χ4v) is 5.46. The Kier molecular flexibility index (Phi) is 5.11. The zero-order valence-corrected chi connectivity index (χ0v) is 18.2. The van der Waals surface area contributed by atoms with Crippen LogP contribution in [0.15, 0.2) is 59.1 Å². The van der Waals surface area contributed by atoms with Gasteiger partial charge in [-0.05, 0) is 36.4 Å². The van der Waals surface area contributed by atoms with Gasteiger partial charge in [-0.2, -0.15) is 0 Å². The van der Waals surface area contributed by atoms with Gasteiger partial charge in [-0.15, -0.1) is 21.5 Å². The number of benzene rings is 2. The number of rotatable bonds is 6. The fraction of sp³-hybridized carbons (Fsp3) is 0.100. The van der Waals surface area contributed by atoms with Crippen LogP contribution in [-0.2, 0) is 4.79 Å². The van der Waals surface area contributed by atoms with Gasteiger partial charge < -0.3 is 10.1 Å². The van der Waals surface area contributed by atoms with E-state index in [9.17, 15) is 4.79 Å². The van der Waals surface area contributed by atoms with Crippen LogP contribution < -0.4 is 10.1 Å². The molecule has 2 aromatic carbocycles. The van der Waals surface area contributed by atoms with Gasteiger partial charge in [0.25, 0.3) is 0 Å². The number of thiazole rings is 2. The van der Waals surface area contributed by atoms with Crippen molar-refractivity contribution < 1.29 is 9.53 Å². The van der Waals surface area contributed by atoms with E-state index < -0.39 is 0 Å². The average molecular weight is 454 g/mol. The number of carbonyl (C=O) groups is 1. The molecular weight excluding hydrogens is 438 g/mol. The van der Waals surface area contributed by atoms with E-state index in [2.05, 4.69) is 26.6 Å². The van der Waals surface area contributed by atoms with Gasteiger partial charge in [-0.25, -0.2) is 4.98 Å². The van der Waals surface area contributed by atoms with Crippen LogP contribution in [0.1, 0.15) is 0 Å². The van der Waals surface area contributed by atoms with Crippen LogP contribution >= 0.6 is 34.4 Å². The van der Waals surface area contributed by atoms with Gasteiger partial charge in [0, 0.05) is 10.9 Å². The van der Waals surface area contributed by atoms with Gasteiger partial charge in [0.05, 0.1) is 28.8 Å². The molecule has 0 aliphatic carbocycles. The summed E-state index contributed by atoms with van der Waals surface area (Å²) in [5.74, 6) is 0.884. The van der Waals surface area contributed by atoms with Crippen LogP contribution in [0, 0.1) is 0 Å². The lowest BCUT2D eigenvalue weighted by atomic mass is 10.2. The molecule has 150 valence electrons. The first-order chi connectivity index (χ1) is 14.7. The summed E-state index contributed by atoms with van der Waals surface area (Å²) in [5.41, 5.74) is 2.83. The smallest absolute Gasteiger partial charge is 0.236 e. The van der Waals surface area contributed by atoms with Gasteiger partial charge in [-0.3, -0.25) is 9.20 Å². The minimum atomic E-state index is -0.132. The maximum atomic E-state index is 12.4. The van der Waals surface area contributed by atoms with Crippen LogP contribution in [0.4, 0.5) is 5.13 Å². The Labute approximate surface area is 183 Å². The quantitative estimate of drug-likeness (QED) is 0.372. The van der Waals surface area contributed by atoms with E-state index in [4.69, 9.17) is 4.74 Å². The lowest BCUT2D eigenvalue weighted by molar-refractivity contribution is -0.113. The molecule has 1 amide bonds. The molecule has 0 unspecified atom stereocenters. The number of hydrogen-bond acceptors (Lipinski definition) is 8. The lowest BCUT2D eigenvalue weighted by Gasteiger charge is -2.02. The monoisotopic (exact) mass is 453 g/mol. The zero-order valence-electron chi connectivity index (χ0n) is 15.7. The fourth-order valence-electron chi connectivity index (χ4n) is 2.96. The van der Waals surface area contributed by atoms with Crippen LogP contribution in [0.5, 0.6) is 5.75 Å². The molecule has 0 saturated carbocycles. The third-order valence-electron chi connectivity index (χ3n) is 4.38. The van der Waals surface area contributed by atoms with Crippen molar-refractivity contribution in [1.82, 2.24) is 19.6 Å². The van der Waals surface area contributed by atoms with Crippen LogP contribution in [0.25, 0.3) is 26.4 Å². The Morgan fingerprint density at radius 2 is 2.00 bits per heavy atom. The van der Waals surface area contributed by atoms with Crippen LogP contribution in [0.3, 0.4) is 0 Å². The Balaban J connectivity index is 1.26. The van der Waals surface area contributed by atoms with E-state index in [1.165, 1.54) is 23.1 Å². The summed E-state index contributed by atoms with van der Waals surface area (Å²) >= 11 is 4.34. The molecule has 0 aliphatic heterocycles. The summed E-state index contributed by atoms with van der Waals surface area (Å²) in [4.78, 5) is 17.8. The summed E-state index contributed by atoms with van der Waals surface area (Å²) < 4.78 is 8.31. The number of carbonyl (C=O) groups excluding carboxylic acids is 1. The second-order valence-corrected chi connectivity index (χ2v) is 9.08. The number of fused-ring (bicyclic) bond motifs is 3. The maximum Gasteiger partial charge on any atom is 0.236 e. The molecule has 0 radical (unpaired) electrons. The van der Waals surface area contributed by atoms with Crippen molar-refractivity contribution in [2.75, 3.05) is 18.2 Å². The number of nitrogens with zero attached hydrogens (tertiary/aromatic N) is 4. The van der Waals surface area contributed by atoms with Gasteiger partial charge >= 0.3 is 0 Å². The number of para-hydroxylation sites is 1. The predicted molar refractivity (Wildman–Crippen MR) is 122 cm³/mol. The SMILES string of the molecule is COc1ccc(-c2csc(NC(=O)CSc3nnc4sc5ccccc5n34)n2)cc1. The molecular formula is C20H15N5O2S3. The first-order valence-electron chi connectivity index (χ1n) is 8.96. The normalized spacial score (nSPS) is 11.2. The van der Waals surface area contributed by atoms with E-state index in [-0.39, 0.29) is 11.7 Å². The third-order valence-corrected chi connectivity index (χ3v) is 7.08. The van der Waals surface area contributed by atoms with Crippen molar-refractivity contribution in [2.24, 2.45) is 0 Å². The van der Waals surface area contributed by atoms with E-state index in [0.717, 1.165) is 32.2 Å². The van der Waals surface area contributed by atoms with E-state index >= 15 is 0 Å². The Hall–Kier alpha value is -2.95. The Bertz CT molecular complexity index is 1340. The highest BCUT2D eigenvalue weighted by atomic mass is 32.2. The highest BCUT2D eigenvalue weighted by Gasteiger charge is 2.15. The summed E-state index contributed by atoms with van der Waals surface area (Å²) in [5, 5.41) is 14.5. The average Bonchev–Trinajstić information content (AvgIpc) is 3.48. The molecule has 0 atom stereocenters. The van der Waals surface area contributed by atoms with Crippen molar-refractivity contribution in [3.05, 3.63) is 53.9 Å². The zero-order chi connectivity index (χ0) is 20.5. The topological polar surface area (TPSA) is 81.4 Å². The third kappa shape index (κ3) is 3.64. The number of aromatic nitrogens is 4.